The molecule has 1 aromatic rings. The van der Waals surface area contributed by atoms with Crippen molar-refractivity contribution in [2.24, 2.45) is 0 Å². The molecule has 0 saturated carbocycles. The number of hydrogen-bond donors (Lipinski definition) is 0. The van der Waals surface area contributed by atoms with Crippen molar-refractivity contribution in [1.82, 2.24) is 4.98 Å². The molecule has 9 nitrogen and oxygen atoms in total. The van der Waals surface area contributed by atoms with E-state index >= 15 is 0 Å². The predicted molar refractivity (Wildman–Crippen MR) is 83.8 cm³/mol. The quantitative estimate of drug-likeness (QED) is 0.457. The first-order valence-electron chi connectivity index (χ1n) is 7.61. The number of ether oxygens (including phenoxy) is 2. The number of esters is 1. The molecule has 0 radical (unpaired) electrons. The molecule has 0 spiro atoms. The minimum absolute atomic E-state index is 0.0490. The van der Waals surface area contributed by atoms with Crippen molar-refractivity contribution in [2.45, 2.75) is 52.4 Å². The van der Waals surface area contributed by atoms with Crippen LogP contribution in [0.15, 0.2) is 12.1 Å². The smallest absolute Gasteiger partial charge is 0.366 e. The highest BCUT2D eigenvalue weighted by molar-refractivity contribution is 6.03. The number of amides is 1. The predicted octanol–water partition coefficient (Wildman–Crippen LogP) is 1.83. The van der Waals surface area contributed by atoms with Gasteiger partial charge in [-0.3, -0.25) is 9.69 Å². The Morgan fingerprint density at radius 3 is 2.67 bits per heavy atom. The number of anilines is 1. The third-order valence-electron chi connectivity index (χ3n) is 3.47. The van der Waals surface area contributed by atoms with Gasteiger partial charge in [0.05, 0.1) is 6.10 Å². The van der Waals surface area contributed by atoms with Gasteiger partial charge in [0.1, 0.15) is 6.04 Å². The van der Waals surface area contributed by atoms with Crippen LogP contribution < -0.4 is 9.64 Å². The zero-order valence-electron chi connectivity index (χ0n) is 13.9. The average Bonchev–Trinajstić information content (AvgIpc) is 2.52. The second-order valence-corrected chi connectivity index (χ2v) is 5.63. The molecule has 2 unspecified atom stereocenters. The lowest BCUT2D eigenvalue weighted by atomic mass is 10.1. The van der Waals surface area contributed by atoms with Crippen molar-refractivity contribution >= 4 is 23.5 Å². The van der Waals surface area contributed by atoms with Crippen LogP contribution in [0.3, 0.4) is 0 Å². The van der Waals surface area contributed by atoms with E-state index in [4.69, 9.17) is 9.47 Å². The van der Waals surface area contributed by atoms with Crippen LogP contribution in [-0.4, -0.2) is 40.0 Å². The summed E-state index contributed by atoms with van der Waals surface area (Å²) in [7, 11) is 0. The number of nitro groups is 1. The molecule has 0 fully saturated rings. The second-order valence-electron chi connectivity index (χ2n) is 5.63. The molecule has 1 aliphatic rings. The third kappa shape index (κ3) is 3.29. The van der Waals surface area contributed by atoms with Crippen molar-refractivity contribution in [3.63, 3.8) is 0 Å². The van der Waals surface area contributed by atoms with Gasteiger partial charge in [-0.1, -0.05) is 6.92 Å². The Morgan fingerprint density at radius 1 is 1.46 bits per heavy atom. The first-order valence-corrected chi connectivity index (χ1v) is 7.61. The van der Waals surface area contributed by atoms with Crippen molar-refractivity contribution in [1.29, 1.82) is 0 Å². The van der Waals surface area contributed by atoms with Gasteiger partial charge < -0.3 is 19.6 Å². The summed E-state index contributed by atoms with van der Waals surface area (Å²) < 4.78 is 10.7. The highest BCUT2D eigenvalue weighted by atomic mass is 16.6. The molecule has 2 atom stereocenters. The van der Waals surface area contributed by atoms with E-state index in [1.807, 2.05) is 0 Å². The maximum atomic E-state index is 12.6. The van der Waals surface area contributed by atoms with Crippen LogP contribution in [0.25, 0.3) is 0 Å². The molecule has 2 rings (SSSR count). The summed E-state index contributed by atoms with van der Waals surface area (Å²) in [4.78, 5) is 40.1. The molecule has 1 aromatic heterocycles. The number of fused-ring (bicyclic) bond motifs is 1. The number of nitrogens with zero attached hydrogens (tertiary/aromatic N) is 3. The van der Waals surface area contributed by atoms with E-state index in [-0.39, 0.29) is 17.7 Å². The molecular weight excluding hydrogens is 318 g/mol. The number of rotatable bonds is 5. The highest BCUT2D eigenvalue weighted by Gasteiger charge is 2.43. The Kier molecular flexibility index (Phi) is 5.01. The van der Waals surface area contributed by atoms with Gasteiger partial charge in [0, 0.05) is 6.07 Å². The molecule has 0 aromatic carbocycles. The van der Waals surface area contributed by atoms with E-state index in [0.717, 1.165) is 4.90 Å². The molecule has 130 valence electrons. The molecule has 0 bridgehead atoms. The van der Waals surface area contributed by atoms with Gasteiger partial charge in [-0.2, -0.15) is 0 Å². The SMILES string of the molecule is CCC1Oc2ccc([N+](=O)[O-])nc2N(C(C)C(=O)OC(C)C)C1=O. The first kappa shape index (κ1) is 17.6. The lowest BCUT2D eigenvalue weighted by Crippen LogP contribution is -2.53. The standard InChI is InChI=1S/C15H19N3O6/c1-5-10-14(19)17(9(4)15(20)23-8(2)3)13-11(24-10)6-7-12(16-13)18(21)22/h6-10H,5H2,1-4H3. The Morgan fingerprint density at radius 2 is 2.12 bits per heavy atom. The highest BCUT2D eigenvalue weighted by Crippen LogP contribution is 2.36. The summed E-state index contributed by atoms with van der Waals surface area (Å²) in [5.41, 5.74) is 0. The Labute approximate surface area is 138 Å². The summed E-state index contributed by atoms with van der Waals surface area (Å²) in [6.07, 6.45) is -0.747. The van der Waals surface area contributed by atoms with Crippen LogP contribution in [0.4, 0.5) is 11.6 Å². The molecule has 24 heavy (non-hydrogen) atoms. The third-order valence-corrected chi connectivity index (χ3v) is 3.47. The van der Waals surface area contributed by atoms with Gasteiger partial charge in [0.2, 0.25) is 0 Å². The van der Waals surface area contributed by atoms with Crippen molar-refractivity contribution in [2.75, 3.05) is 4.90 Å². The topological polar surface area (TPSA) is 112 Å². The number of hydrogen-bond acceptors (Lipinski definition) is 7. The average molecular weight is 337 g/mol. The van der Waals surface area contributed by atoms with Crippen LogP contribution in [0.5, 0.6) is 5.75 Å². The molecule has 0 aliphatic carbocycles. The van der Waals surface area contributed by atoms with Crippen LogP contribution >= 0.6 is 0 Å². The summed E-state index contributed by atoms with van der Waals surface area (Å²) >= 11 is 0. The zero-order valence-corrected chi connectivity index (χ0v) is 13.9. The van der Waals surface area contributed by atoms with Crippen molar-refractivity contribution in [3.05, 3.63) is 22.2 Å². The van der Waals surface area contributed by atoms with Gasteiger partial charge in [-0.15, -0.1) is 0 Å². The monoisotopic (exact) mass is 337 g/mol. The summed E-state index contributed by atoms with van der Waals surface area (Å²) in [6, 6.07) is 1.59. The number of aromatic nitrogens is 1. The van der Waals surface area contributed by atoms with E-state index in [9.17, 15) is 19.7 Å². The lowest BCUT2D eigenvalue weighted by molar-refractivity contribution is -0.389. The largest absolute Gasteiger partial charge is 0.474 e. The Hall–Kier alpha value is -2.71. The maximum Gasteiger partial charge on any atom is 0.366 e. The molecule has 1 amide bonds. The normalized spacial score (nSPS) is 18.0. The number of pyridine rings is 1. The number of carbonyl (C=O) groups excluding carboxylic acids is 2. The summed E-state index contributed by atoms with van der Waals surface area (Å²) in [6.45, 7) is 6.64. The molecule has 9 heteroatoms. The van der Waals surface area contributed by atoms with Crippen LogP contribution in [0, 0.1) is 10.1 Å². The molecule has 0 N–H and O–H groups in total. The zero-order chi connectivity index (χ0) is 18.0. The lowest BCUT2D eigenvalue weighted by Gasteiger charge is -2.33. The second kappa shape index (κ2) is 6.81. The summed E-state index contributed by atoms with van der Waals surface area (Å²) in [5, 5.41) is 11.0. The molecule has 1 aliphatic heterocycles. The van der Waals surface area contributed by atoms with E-state index in [0.29, 0.717) is 6.42 Å². The van der Waals surface area contributed by atoms with Gasteiger partial charge in [0.25, 0.3) is 11.7 Å². The van der Waals surface area contributed by atoms with Crippen molar-refractivity contribution < 1.29 is 24.0 Å². The molecule has 2 heterocycles. The molecular formula is C15H19N3O6. The van der Waals surface area contributed by atoms with E-state index < -0.39 is 34.8 Å². The fraction of sp³-hybridized carbons (Fsp3) is 0.533. The van der Waals surface area contributed by atoms with Crippen LogP contribution in [0.1, 0.15) is 34.1 Å². The van der Waals surface area contributed by atoms with E-state index in [2.05, 4.69) is 4.98 Å². The molecule has 0 saturated heterocycles. The van der Waals surface area contributed by atoms with Gasteiger partial charge in [-0.05, 0) is 43.2 Å². The summed E-state index contributed by atoms with van der Waals surface area (Å²) in [5.74, 6) is -1.36. The van der Waals surface area contributed by atoms with Gasteiger partial charge in [-0.25, -0.2) is 4.79 Å². The van der Waals surface area contributed by atoms with E-state index in [1.165, 1.54) is 19.1 Å². The Balaban J connectivity index is 2.48. The van der Waals surface area contributed by atoms with Crippen molar-refractivity contribution in [3.8, 4) is 5.75 Å². The Bertz CT molecular complexity index is 675. The minimum atomic E-state index is -0.980. The fourth-order valence-corrected chi connectivity index (χ4v) is 2.32. The number of carbonyl (C=O) groups is 2. The maximum absolute atomic E-state index is 12.6. The van der Waals surface area contributed by atoms with E-state index in [1.54, 1.807) is 20.8 Å². The fourth-order valence-electron chi connectivity index (χ4n) is 2.32. The van der Waals surface area contributed by atoms with Crippen LogP contribution in [-0.2, 0) is 14.3 Å². The van der Waals surface area contributed by atoms with Gasteiger partial charge in [0.15, 0.2) is 11.9 Å². The first-order chi connectivity index (χ1) is 11.3. The minimum Gasteiger partial charge on any atom is -0.474 e. The van der Waals surface area contributed by atoms with Gasteiger partial charge >= 0.3 is 11.8 Å². The van der Waals surface area contributed by atoms with Crippen LogP contribution in [0.2, 0.25) is 0 Å².